The third kappa shape index (κ3) is 3.53. The van der Waals surface area contributed by atoms with Gasteiger partial charge in [-0.25, -0.2) is 4.98 Å². The maximum absolute atomic E-state index is 6.35. The molecule has 1 aliphatic heterocycles. The van der Waals surface area contributed by atoms with Crippen LogP contribution in [0.1, 0.15) is 38.0 Å². The molecule has 0 spiro atoms. The Morgan fingerprint density at radius 2 is 1.76 bits per heavy atom. The normalized spacial score (nSPS) is 19.6. The number of rotatable bonds is 4. The predicted molar refractivity (Wildman–Crippen MR) is 121 cm³/mol. The van der Waals surface area contributed by atoms with Gasteiger partial charge in [0.15, 0.2) is 11.5 Å². The first-order chi connectivity index (χ1) is 13.9. The molecule has 2 atom stereocenters. The molecular formula is C22H26ClN3O2S. The summed E-state index contributed by atoms with van der Waals surface area (Å²) in [4.78, 5) is 13.8. The van der Waals surface area contributed by atoms with Crippen molar-refractivity contribution in [2.45, 2.75) is 52.1 Å². The number of hydrogen-bond acceptors (Lipinski definition) is 6. The van der Waals surface area contributed by atoms with Crippen molar-refractivity contribution in [2.24, 2.45) is 0 Å². The van der Waals surface area contributed by atoms with Crippen molar-refractivity contribution in [2.75, 3.05) is 19.1 Å². The van der Waals surface area contributed by atoms with E-state index in [1.165, 1.54) is 11.3 Å². The second kappa shape index (κ2) is 8.00. The van der Waals surface area contributed by atoms with Crippen molar-refractivity contribution in [3.05, 3.63) is 28.4 Å². The molecule has 154 valence electrons. The lowest BCUT2D eigenvalue weighted by atomic mass is 9.96. The summed E-state index contributed by atoms with van der Waals surface area (Å²) in [7, 11) is 3.31. The zero-order chi connectivity index (χ0) is 20.7. The van der Waals surface area contributed by atoms with Crippen molar-refractivity contribution < 1.29 is 9.47 Å². The monoisotopic (exact) mass is 431 g/mol. The molecule has 0 radical (unpaired) electrons. The van der Waals surface area contributed by atoms with Gasteiger partial charge in [0.25, 0.3) is 0 Å². The Morgan fingerprint density at radius 1 is 1.07 bits per heavy atom. The van der Waals surface area contributed by atoms with Gasteiger partial charge in [0.05, 0.1) is 19.6 Å². The highest BCUT2D eigenvalue weighted by Gasteiger charge is 2.30. The van der Waals surface area contributed by atoms with E-state index in [1.54, 1.807) is 25.6 Å². The number of fused-ring (bicyclic) bond motifs is 1. The van der Waals surface area contributed by atoms with E-state index in [9.17, 15) is 0 Å². The van der Waals surface area contributed by atoms with Gasteiger partial charge in [-0.1, -0.05) is 6.07 Å². The van der Waals surface area contributed by atoms with Gasteiger partial charge in [-0.05, 0) is 69.3 Å². The molecule has 0 amide bonds. The van der Waals surface area contributed by atoms with Crippen LogP contribution in [0.5, 0.6) is 11.5 Å². The van der Waals surface area contributed by atoms with Gasteiger partial charge in [-0.2, -0.15) is 4.98 Å². The minimum absolute atomic E-state index is 0.303. The van der Waals surface area contributed by atoms with E-state index in [4.69, 9.17) is 26.1 Å². The van der Waals surface area contributed by atoms with E-state index >= 15 is 0 Å². The zero-order valence-electron chi connectivity index (χ0n) is 17.5. The van der Waals surface area contributed by atoms with Crippen LogP contribution in [0.15, 0.2) is 18.2 Å². The van der Waals surface area contributed by atoms with Gasteiger partial charge in [-0.15, -0.1) is 11.3 Å². The van der Waals surface area contributed by atoms with Crippen molar-refractivity contribution in [3.63, 3.8) is 0 Å². The van der Waals surface area contributed by atoms with Gasteiger partial charge in [0.1, 0.15) is 10.6 Å². The maximum atomic E-state index is 6.35. The van der Waals surface area contributed by atoms with Crippen LogP contribution in [-0.4, -0.2) is 36.3 Å². The number of thiophene rings is 1. The van der Waals surface area contributed by atoms with E-state index in [0.29, 0.717) is 28.9 Å². The summed E-state index contributed by atoms with van der Waals surface area (Å²) in [6, 6.07) is 6.85. The molecule has 1 aromatic carbocycles. The van der Waals surface area contributed by atoms with Gasteiger partial charge >= 0.3 is 0 Å². The molecule has 5 nitrogen and oxygen atoms in total. The second-order valence-electron chi connectivity index (χ2n) is 7.64. The van der Waals surface area contributed by atoms with Crippen molar-refractivity contribution in [1.82, 2.24) is 9.97 Å². The Kier molecular flexibility index (Phi) is 5.58. The van der Waals surface area contributed by atoms with Crippen LogP contribution >= 0.6 is 22.9 Å². The summed E-state index contributed by atoms with van der Waals surface area (Å²) in [5.74, 6) is 2.36. The Balaban J connectivity index is 1.98. The first-order valence-corrected chi connectivity index (χ1v) is 11.1. The molecule has 3 aromatic rings. The summed E-state index contributed by atoms with van der Waals surface area (Å²) in [5, 5.41) is 1.38. The minimum atomic E-state index is 0.303. The molecule has 4 rings (SSSR count). The fourth-order valence-electron chi connectivity index (χ4n) is 4.43. The number of aromatic nitrogens is 2. The van der Waals surface area contributed by atoms with Crippen molar-refractivity contribution >= 4 is 39.0 Å². The first kappa shape index (κ1) is 20.2. The smallest absolute Gasteiger partial charge is 0.225 e. The molecule has 7 heteroatoms. The highest BCUT2D eigenvalue weighted by Crippen LogP contribution is 2.45. The Hall–Kier alpha value is -2.05. The Morgan fingerprint density at radius 3 is 2.41 bits per heavy atom. The number of benzene rings is 1. The number of aryl methyl sites for hydroxylation is 1. The highest BCUT2D eigenvalue weighted by molar-refractivity contribution is 7.19. The van der Waals surface area contributed by atoms with Crippen LogP contribution in [0.3, 0.4) is 0 Å². The number of hydrogen-bond donors (Lipinski definition) is 0. The van der Waals surface area contributed by atoms with Crippen LogP contribution < -0.4 is 14.4 Å². The lowest BCUT2D eigenvalue weighted by molar-refractivity contribution is 0.355. The number of anilines is 1. The van der Waals surface area contributed by atoms with Gasteiger partial charge in [-0.3, -0.25) is 0 Å². The molecule has 0 N–H and O–H groups in total. The van der Waals surface area contributed by atoms with E-state index in [1.807, 2.05) is 12.1 Å². The standard InChI is InChI=1S/C22H26ClN3O2S/c1-12-7-6-8-13(2)26(12)20-19-18(14(3)29-21(19)25-22(23)24-20)15-9-10-16(27-4)17(11-15)28-5/h9-13H,6-8H2,1-5H3. The lowest BCUT2D eigenvalue weighted by Crippen LogP contribution is -2.44. The average Bonchev–Trinajstić information content (AvgIpc) is 3.02. The summed E-state index contributed by atoms with van der Waals surface area (Å²) in [6.07, 6.45) is 3.55. The average molecular weight is 432 g/mol. The molecule has 0 saturated carbocycles. The Bertz CT molecular complexity index is 1040. The van der Waals surface area contributed by atoms with Gasteiger partial charge < -0.3 is 14.4 Å². The third-order valence-corrected chi connectivity index (χ3v) is 6.96. The number of ether oxygens (including phenoxy) is 2. The second-order valence-corrected chi connectivity index (χ2v) is 9.18. The largest absolute Gasteiger partial charge is 0.493 e. The molecule has 1 aliphatic rings. The fraction of sp³-hybridized carbons (Fsp3) is 0.455. The molecular weight excluding hydrogens is 406 g/mol. The number of nitrogens with zero attached hydrogens (tertiary/aromatic N) is 3. The van der Waals surface area contributed by atoms with Crippen LogP contribution in [0.25, 0.3) is 21.3 Å². The molecule has 0 bridgehead atoms. The van der Waals surface area contributed by atoms with E-state index in [-0.39, 0.29) is 0 Å². The fourth-order valence-corrected chi connectivity index (χ4v) is 5.69. The molecule has 2 aromatic heterocycles. The van der Waals surface area contributed by atoms with Crippen LogP contribution in [0.4, 0.5) is 5.82 Å². The summed E-state index contributed by atoms with van der Waals surface area (Å²) >= 11 is 8.01. The summed E-state index contributed by atoms with van der Waals surface area (Å²) in [6.45, 7) is 6.67. The quantitative estimate of drug-likeness (QED) is 0.466. The topological polar surface area (TPSA) is 47.5 Å². The zero-order valence-corrected chi connectivity index (χ0v) is 19.0. The number of methoxy groups -OCH3 is 2. The number of halogens is 1. The number of piperidine rings is 1. The van der Waals surface area contributed by atoms with E-state index in [2.05, 4.69) is 36.7 Å². The minimum Gasteiger partial charge on any atom is -0.493 e. The van der Waals surface area contributed by atoms with E-state index in [0.717, 1.165) is 40.0 Å². The summed E-state index contributed by atoms with van der Waals surface area (Å²) < 4.78 is 11.0. The predicted octanol–water partition coefficient (Wildman–Crippen LogP) is 6.10. The maximum Gasteiger partial charge on any atom is 0.225 e. The summed E-state index contributed by atoms with van der Waals surface area (Å²) in [5.41, 5.74) is 2.21. The lowest BCUT2D eigenvalue weighted by Gasteiger charge is -2.40. The third-order valence-electron chi connectivity index (χ3n) is 5.79. The van der Waals surface area contributed by atoms with Gasteiger partial charge in [0.2, 0.25) is 5.28 Å². The SMILES string of the molecule is COc1ccc(-c2c(C)sc3nc(Cl)nc(N4C(C)CCCC4C)c23)cc1OC. The highest BCUT2D eigenvalue weighted by atomic mass is 35.5. The van der Waals surface area contributed by atoms with Crippen molar-refractivity contribution in [1.29, 1.82) is 0 Å². The van der Waals surface area contributed by atoms with Crippen LogP contribution in [0.2, 0.25) is 5.28 Å². The van der Waals surface area contributed by atoms with E-state index < -0.39 is 0 Å². The Labute approximate surface area is 180 Å². The van der Waals surface area contributed by atoms with Crippen LogP contribution in [-0.2, 0) is 0 Å². The van der Waals surface area contributed by atoms with Crippen molar-refractivity contribution in [3.8, 4) is 22.6 Å². The van der Waals surface area contributed by atoms with Gasteiger partial charge in [0, 0.05) is 22.5 Å². The molecule has 1 saturated heterocycles. The van der Waals surface area contributed by atoms with Crippen LogP contribution in [0, 0.1) is 6.92 Å². The molecule has 2 unspecified atom stereocenters. The first-order valence-electron chi connectivity index (χ1n) is 9.92. The molecule has 0 aliphatic carbocycles. The molecule has 1 fully saturated rings. The molecule has 3 heterocycles. The molecule has 29 heavy (non-hydrogen) atoms.